The third kappa shape index (κ3) is 2.80. The number of hydrogen-bond donors (Lipinski definition) is 1. The summed E-state index contributed by atoms with van der Waals surface area (Å²) in [7, 11) is 0. The lowest BCUT2D eigenvalue weighted by Crippen LogP contribution is -2.44. The second-order valence-electron chi connectivity index (χ2n) is 5.77. The van der Waals surface area contributed by atoms with Crippen LogP contribution in [0.5, 0.6) is 0 Å². The first-order valence-corrected chi connectivity index (χ1v) is 8.64. The molecule has 1 heterocycles. The fourth-order valence-corrected chi connectivity index (χ4v) is 3.96. The molecule has 1 aromatic carbocycles. The number of rotatable bonds is 3. The van der Waals surface area contributed by atoms with Gasteiger partial charge in [0.25, 0.3) is 0 Å². The van der Waals surface area contributed by atoms with Crippen molar-refractivity contribution in [2.75, 3.05) is 31.1 Å². The highest BCUT2D eigenvalue weighted by molar-refractivity contribution is 7.99. The largest absolute Gasteiger partial charge is 0.370 e. The number of nitrogens with zero attached hydrogens (tertiary/aromatic N) is 2. The molecule has 3 nitrogen and oxygen atoms in total. The Bertz CT molecular complexity index is 462. The van der Waals surface area contributed by atoms with Gasteiger partial charge in [-0.2, -0.15) is 11.8 Å². The Kier molecular flexibility index (Phi) is 4.20. The van der Waals surface area contributed by atoms with E-state index in [1.165, 1.54) is 36.3 Å². The third-order valence-electron chi connectivity index (χ3n) is 4.58. The molecule has 0 atom stereocenters. The van der Waals surface area contributed by atoms with Crippen LogP contribution in [0.15, 0.2) is 35.3 Å². The van der Waals surface area contributed by atoms with Crippen LogP contribution in [-0.2, 0) is 5.41 Å². The Morgan fingerprint density at radius 2 is 1.90 bits per heavy atom. The first-order valence-electron chi connectivity index (χ1n) is 7.48. The quantitative estimate of drug-likeness (QED) is 0.686. The van der Waals surface area contributed by atoms with Crippen LogP contribution in [0.4, 0.5) is 0 Å². The maximum absolute atomic E-state index is 6.18. The molecule has 0 aromatic heterocycles. The van der Waals surface area contributed by atoms with Crippen LogP contribution < -0.4 is 5.73 Å². The maximum Gasteiger partial charge on any atom is 0.191 e. The molecule has 0 bridgehead atoms. The van der Waals surface area contributed by atoms with Gasteiger partial charge in [0.15, 0.2) is 5.96 Å². The van der Waals surface area contributed by atoms with E-state index in [1.807, 2.05) is 11.8 Å². The van der Waals surface area contributed by atoms with Gasteiger partial charge in [0.2, 0.25) is 0 Å². The van der Waals surface area contributed by atoms with Crippen LogP contribution >= 0.6 is 11.8 Å². The Hall–Kier alpha value is -1.16. The van der Waals surface area contributed by atoms with Crippen molar-refractivity contribution in [3.8, 4) is 0 Å². The van der Waals surface area contributed by atoms with E-state index in [2.05, 4.69) is 35.2 Å². The Labute approximate surface area is 125 Å². The molecule has 1 aliphatic heterocycles. The molecule has 2 fully saturated rings. The van der Waals surface area contributed by atoms with Gasteiger partial charge >= 0.3 is 0 Å². The molecule has 2 N–H and O–H groups in total. The van der Waals surface area contributed by atoms with Gasteiger partial charge < -0.3 is 10.6 Å². The second-order valence-corrected chi connectivity index (χ2v) is 7.00. The zero-order valence-electron chi connectivity index (χ0n) is 11.9. The summed E-state index contributed by atoms with van der Waals surface area (Å²) >= 11 is 2.00. The van der Waals surface area contributed by atoms with Crippen LogP contribution in [0.2, 0.25) is 0 Å². The first kappa shape index (κ1) is 13.8. The molecular formula is C16H23N3S. The summed E-state index contributed by atoms with van der Waals surface area (Å²) in [6, 6.07) is 10.8. The summed E-state index contributed by atoms with van der Waals surface area (Å²) in [6.45, 7) is 2.92. The molecule has 0 spiro atoms. The minimum absolute atomic E-state index is 0.246. The number of aliphatic imine (C=N–C) groups is 1. The van der Waals surface area contributed by atoms with E-state index in [1.54, 1.807) is 0 Å². The van der Waals surface area contributed by atoms with E-state index in [0.717, 1.165) is 25.6 Å². The Morgan fingerprint density at radius 1 is 1.20 bits per heavy atom. The van der Waals surface area contributed by atoms with E-state index >= 15 is 0 Å². The minimum Gasteiger partial charge on any atom is -0.370 e. The highest BCUT2D eigenvalue weighted by Crippen LogP contribution is 2.43. The summed E-state index contributed by atoms with van der Waals surface area (Å²) in [6.07, 6.45) is 3.79. The van der Waals surface area contributed by atoms with E-state index in [9.17, 15) is 0 Å². The molecule has 4 heteroatoms. The molecule has 0 radical (unpaired) electrons. The number of guanidine groups is 1. The fourth-order valence-electron chi connectivity index (χ4n) is 3.06. The molecular weight excluding hydrogens is 266 g/mol. The Balaban J connectivity index is 1.69. The lowest BCUT2D eigenvalue weighted by molar-refractivity contribution is 0.252. The highest BCUT2D eigenvalue weighted by Gasteiger charge is 2.38. The van der Waals surface area contributed by atoms with Crippen LogP contribution in [-0.4, -0.2) is 42.0 Å². The molecule has 2 aliphatic rings. The van der Waals surface area contributed by atoms with Gasteiger partial charge in [0.05, 0.1) is 6.54 Å². The number of thioether (sulfide) groups is 1. The van der Waals surface area contributed by atoms with Gasteiger partial charge in [-0.25, -0.2) is 0 Å². The van der Waals surface area contributed by atoms with Crippen LogP contribution in [0.1, 0.15) is 24.8 Å². The lowest BCUT2D eigenvalue weighted by atomic mass is 9.64. The molecule has 1 saturated heterocycles. The first-order chi connectivity index (χ1) is 9.80. The number of nitrogens with two attached hydrogens (primary N) is 1. The standard InChI is InChI=1S/C16H23N3S/c17-15(19-9-11-20-12-10-19)18-13-16(7-4-8-16)14-5-2-1-3-6-14/h1-3,5-6H,4,7-13H2,(H2,17,18). The molecule has 3 rings (SSSR count). The van der Waals surface area contributed by atoms with Gasteiger partial charge in [-0.05, 0) is 18.4 Å². The molecule has 108 valence electrons. The second kappa shape index (κ2) is 6.08. The molecule has 0 unspecified atom stereocenters. The van der Waals surface area contributed by atoms with Crippen molar-refractivity contribution in [1.29, 1.82) is 0 Å². The maximum atomic E-state index is 6.18. The van der Waals surface area contributed by atoms with E-state index in [4.69, 9.17) is 10.7 Å². The fraction of sp³-hybridized carbons (Fsp3) is 0.562. The monoisotopic (exact) mass is 289 g/mol. The van der Waals surface area contributed by atoms with Crippen molar-refractivity contribution < 1.29 is 0 Å². The minimum atomic E-state index is 0.246. The SMILES string of the molecule is NC(=NCC1(c2ccccc2)CCC1)N1CCSCC1. The molecule has 0 amide bonds. The van der Waals surface area contributed by atoms with Gasteiger partial charge in [-0.1, -0.05) is 36.8 Å². The normalized spacial score (nSPS) is 22.4. The highest BCUT2D eigenvalue weighted by atomic mass is 32.2. The van der Waals surface area contributed by atoms with Gasteiger partial charge in [0, 0.05) is 30.0 Å². The molecule has 1 aliphatic carbocycles. The van der Waals surface area contributed by atoms with Crippen LogP contribution in [0.3, 0.4) is 0 Å². The summed E-state index contributed by atoms with van der Waals surface area (Å²) in [5, 5.41) is 0. The zero-order chi connectivity index (χ0) is 13.8. The van der Waals surface area contributed by atoms with Gasteiger partial charge in [-0.3, -0.25) is 4.99 Å². The zero-order valence-corrected chi connectivity index (χ0v) is 12.7. The van der Waals surface area contributed by atoms with Gasteiger partial charge in [-0.15, -0.1) is 0 Å². The molecule has 20 heavy (non-hydrogen) atoms. The average molecular weight is 289 g/mol. The predicted molar refractivity (Wildman–Crippen MR) is 87.4 cm³/mol. The van der Waals surface area contributed by atoms with Crippen molar-refractivity contribution in [2.24, 2.45) is 10.7 Å². The summed E-state index contributed by atoms with van der Waals surface area (Å²) in [5.74, 6) is 3.08. The van der Waals surface area contributed by atoms with E-state index in [0.29, 0.717) is 0 Å². The van der Waals surface area contributed by atoms with E-state index < -0.39 is 0 Å². The predicted octanol–water partition coefficient (Wildman–Crippen LogP) is 2.47. The van der Waals surface area contributed by atoms with Crippen molar-refractivity contribution in [1.82, 2.24) is 4.90 Å². The Morgan fingerprint density at radius 3 is 2.50 bits per heavy atom. The topological polar surface area (TPSA) is 41.6 Å². The summed E-state index contributed by atoms with van der Waals surface area (Å²) < 4.78 is 0. The van der Waals surface area contributed by atoms with Crippen molar-refractivity contribution in [3.05, 3.63) is 35.9 Å². The lowest BCUT2D eigenvalue weighted by Gasteiger charge is -2.41. The van der Waals surface area contributed by atoms with Gasteiger partial charge in [0.1, 0.15) is 0 Å². The average Bonchev–Trinajstić information content (AvgIpc) is 2.48. The van der Waals surface area contributed by atoms with Crippen LogP contribution in [0.25, 0.3) is 0 Å². The van der Waals surface area contributed by atoms with Crippen molar-refractivity contribution >= 4 is 17.7 Å². The van der Waals surface area contributed by atoms with Crippen molar-refractivity contribution in [2.45, 2.75) is 24.7 Å². The number of benzene rings is 1. The van der Waals surface area contributed by atoms with Crippen molar-refractivity contribution in [3.63, 3.8) is 0 Å². The third-order valence-corrected chi connectivity index (χ3v) is 5.52. The smallest absolute Gasteiger partial charge is 0.191 e. The summed E-state index contributed by atoms with van der Waals surface area (Å²) in [5.41, 5.74) is 7.85. The van der Waals surface area contributed by atoms with Crippen LogP contribution in [0, 0.1) is 0 Å². The summed E-state index contributed by atoms with van der Waals surface area (Å²) in [4.78, 5) is 6.96. The molecule has 1 saturated carbocycles. The number of hydrogen-bond acceptors (Lipinski definition) is 2. The van der Waals surface area contributed by atoms with E-state index in [-0.39, 0.29) is 5.41 Å². The molecule has 1 aromatic rings.